The van der Waals surface area contributed by atoms with Crippen LogP contribution in [-0.2, 0) is 33.6 Å². The van der Waals surface area contributed by atoms with E-state index in [0.717, 1.165) is 24.0 Å². The second-order valence-electron chi connectivity index (χ2n) is 7.65. The number of hydrogen-bond donors (Lipinski definition) is 1. The number of carbonyl (C=O) groups is 1. The number of methoxy groups -OCH3 is 2. The minimum Gasteiger partial charge on any atom is -0.493 e. The Labute approximate surface area is 189 Å². The van der Waals surface area contributed by atoms with E-state index in [-0.39, 0.29) is 5.91 Å². The highest BCUT2D eigenvalue weighted by Crippen LogP contribution is 2.28. The predicted octanol–water partition coefficient (Wildman–Crippen LogP) is 3.31. The number of fused-ring (bicyclic) bond motifs is 1. The molecule has 7 heteroatoms. The van der Waals surface area contributed by atoms with Gasteiger partial charge in [-0.25, -0.2) is 0 Å². The van der Waals surface area contributed by atoms with Crippen molar-refractivity contribution in [2.45, 2.75) is 32.1 Å². The molecule has 1 N–H and O–H groups in total. The number of oxime groups is 1. The lowest BCUT2D eigenvalue weighted by Crippen LogP contribution is -2.33. The zero-order chi connectivity index (χ0) is 22.8. The molecule has 2 aromatic carbocycles. The molecule has 0 atom stereocenters. The first-order valence-corrected chi connectivity index (χ1v) is 11.0. The average Bonchev–Trinajstić information content (AvgIpc) is 2.83. The molecule has 0 saturated carbocycles. The van der Waals surface area contributed by atoms with Crippen molar-refractivity contribution in [1.82, 2.24) is 5.32 Å². The molecule has 172 valence electrons. The summed E-state index contributed by atoms with van der Waals surface area (Å²) < 4.78 is 16.1. The Morgan fingerprint density at radius 3 is 2.53 bits per heavy atom. The molecule has 0 saturated heterocycles. The molecule has 32 heavy (non-hydrogen) atoms. The van der Waals surface area contributed by atoms with E-state index < -0.39 is 0 Å². The first-order valence-electron chi connectivity index (χ1n) is 11.0. The van der Waals surface area contributed by atoms with E-state index in [9.17, 15) is 4.79 Å². The van der Waals surface area contributed by atoms with Gasteiger partial charge in [0.25, 0.3) is 5.91 Å². The van der Waals surface area contributed by atoms with Gasteiger partial charge in [-0.2, -0.15) is 0 Å². The molecular formula is C25H32N2O5. The van der Waals surface area contributed by atoms with Gasteiger partial charge < -0.3 is 24.4 Å². The number of aryl methyl sites for hydroxylation is 2. The molecular weight excluding hydrogens is 408 g/mol. The van der Waals surface area contributed by atoms with Gasteiger partial charge in [0.2, 0.25) is 0 Å². The normalized spacial score (nSPS) is 13.3. The topological polar surface area (TPSA) is 78.4 Å². The fourth-order valence-corrected chi connectivity index (χ4v) is 3.82. The smallest absolute Gasteiger partial charge is 0.273 e. The van der Waals surface area contributed by atoms with Crippen LogP contribution in [0.5, 0.6) is 11.5 Å². The maximum Gasteiger partial charge on any atom is 0.273 e. The summed E-state index contributed by atoms with van der Waals surface area (Å²) in [5, 5.41) is 6.95. The lowest BCUT2D eigenvalue weighted by Gasteiger charge is -2.17. The molecule has 0 bridgehead atoms. The Hall–Kier alpha value is -3.06. The van der Waals surface area contributed by atoms with Crippen molar-refractivity contribution in [3.63, 3.8) is 0 Å². The van der Waals surface area contributed by atoms with E-state index in [2.05, 4.69) is 22.6 Å². The molecule has 3 rings (SSSR count). The molecule has 1 aliphatic rings. The molecule has 1 aliphatic carbocycles. The number of nitrogens with one attached hydrogen (secondary N) is 1. The van der Waals surface area contributed by atoms with E-state index in [1.807, 2.05) is 24.3 Å². The third-order valence-corrected chi connectivity index (χ3v) is 5.49. The third kappa shape index (κ3) is 6.23. The molecule has 0 unspecified atom stereocenters. The molecule has 1 amide bonds. The predicted molar refractivity (Wildman–Crippen MR) is 124 cm³/mol. The first kappa shape index (κ1) is 23.6. The zero-order valence-corrected chi connectivity index (χ0v) is 19.1. The van der Waals surface area contributed by atoms with Crippen LogP contribution in [0.3, 0.4) is 0 Å². The number of rotatable bonds is 11. The Morgan fingerprint density at radius 1 is 0.969 bits per heavy atom. The van der Waals surface area contributed by atoms with Crippen molar-refractivity contribution in [1.29, 1.82) is 0 Å². The quantitative estimate of drug-likeness (QED) is 0.330. The largest absolute Gasteiger partial charge is 0.493 e. The number of hydrogen-bond acceptors (Lipinski definition) is 6. The first-order chi connectivity index (χ1) is 15.7. The fourth-order valence-electron chi connectivity index (χ4n) is 3.82. The van der Waals surface area contributed by atoms with Crippen molar-refractivity contribution < 1.29 is 23.8 Å². The van der Waals surface area contributed by atoms with Crippen LogP contribution in [0.2, 0.25) is 0 Å². The average molecular weight is 441 g/mol. The molecule has 7 nitrogen and oxygen atoms in total. The number of amides is 1. The van der Waals surface area contributed by atoms with Gasteiger partial charge in [-0.15, -0.1) is 0 Å². The summed E-state index contributed by atoms with van der Waals surface area (Å²) in [5.74, 6) is 1.06. The van der Waals surface area contributed by atoms with E-state index >= 15 is 0 Å². The van der Waals surface area contributed by atoms with Crippen LogP contribution < -0.4 is 14.8 Å². The third-order valence-electron chi connectivity index (χ3n) is 5.49. The van der Waals surface area contributed by atoms with Gasteiger partial charge in [0, 0.05) is 19.2 Å². The second kappa shape index (κ2) is 12.1. The van der Waals surface area contributed by atoms with Crippen LogP contribution in [-0.4, -0.2) is 52.7 Å². The highest BCUT2D eigenvalue weighted by Gasteiger charge is 2.18. The fraction of sp³-hybridized carbons (Fsp3) is 0.440. The van der Waals surface area contributed by atoms with Gasteiger partial charge in [0.05, 0.1) is 13.7 Å². The van der Waals surface area contributed by atoms with E-state index in [0.29, 0.717) is 43.4 Å². The molecule has 0 fully saturated rings. The number of ether oxygens (including phenoxy) is 3. The van der Waals surface area contributed by atoms with Crippen LogP contribution >= 0.6 is 0 Å². The van der Waals surface area contributed by atoms with Crippen molar-refractivity contribution >= 4 is 11.6 Å². The van der Waals surface area contributed by atoms with Crippen LogP contribution in [0.4, 0.5) is 0 Å². The summed E-state index contributed by atoms with van der Waals surface area (Å²) in [4.78, 5) is 17.8. The van der Waals surface area contributed by atoms with Crippen molar-refractivity contribution in [3.05, 3.63) is 58.7 Å². The van der Waals surface area contributed by atoms with Crippen LogP contribution in [0.1, 0.15) is 35.1 Å². The van der Waals surface area contributed by atoms with Crippen LogP contribution in [0.25, 0.3) is 0 Å². The summed E-state index contributed by atoms with van der Waals surface area (Å²) in [7, 11) is 4.69. The van der Waals surface area contributed by atoms with Crippen molar-refractivity contribution in [2.75, 3.05) is 41.1 Å². The van der Waals surface area contributed by atoms with Gasteiger partial charge in [0.15, 0.2) is 17.2 Å². The zero-order valence-electron chi connectivity index (χ0n) is 19.1. The van der Waals surface area contributed by atoms with Gasteiger partial charge in [-0.05, 0) is 67.0 Å². The molecule has 0 spiro atoms. The Balaban J connectivity index is 1.60. The molecule has 0 radical (unpaired) electrons. The highest BCUT2D eigenvalue weighted by atomic mass is 16.6. The summed E-state index contributed by atoms with van der Waals surface area (Å²) in [5.41, 5.74) is 4.76. The van der Waals surface area contributed by atoms with Gasteiger partial charge >= 0.3 is 0 Å². The Bertz CT molecular complexity index is 942. The van der Waals surface area contributed by atoms with Gasteiger partial charge in [-0.1, -0.05) is 23.4 Å². The minimum absolute atomic E-state index is 0.255. The van der Waals surface area contributed by atoms with Crippen molar-refractivity contribution in [3.8, 4) is 11.5 Å². The molecule has 0 aromatic heterocycles. The standard InChI is InChI=1S/C25H32N2O5/c1-29-14-15-32-22-11-8-18(16-23(22)30-2)12-13-26-25(28)24(27-31-3)21-10-9-19-6-4-5-7-20(19)17-21/h8-11,16-17H,4-7,12-15H2,1-3H3,(H,26,28)/b27-24+. The lowest BCUT2D eigenvalue weighted by molar-refractivity contribution is -0.114. The summed E-state index contributed by atoms with van der Waals surface area (Å²) in [6, 6.07) is 11.9. The molecule has 0 heterocycles. The lowest BCUT2D eigenvalue weighted by atomic mass is 9.89. The Morgan fingerprint density at radius 2 is 1.78 bits per heavy atom. The molecule has 0 aliphatic heterocycles. The van der Waals surface area contributed by atoms with E-state index in [4.69, 9.17) is 19.0 Å². The van der Waals surface area contributed by atoms with E-state index in [1.54, 1.807) is 14.2 Å². The van der Waals surface area contributed by atoms with Crippen LogP contribution in [0.15, 0.2) is 41.6 Å². The number of benzene rings is 2. The van der Waals surface area contributed by atoms with Gasteiger partial charge in [0.1, 0.15) is 13.7 Å². The maximum absolute atomic E-state index is 12.8. The highest BCUT2D eigenvalue weighted by molar-refractivity contribution is 6.45. The maximum atomic E-state index is 12.8. The van der Waals surface area contributed by atoms with E-state index in [1.165, 1.54) is 31.1 Å². The monoisotopic (exact) mass is 440 g/mol. The summed E-state index contributed by atoms with van der Waals surface area (Å²) in [6.07, 6.45) is 5.18. The minimum atomic E-state index is -0.255. The molecule has 2 aromatic rings. The summed E-state index contributed by atoms with van der Waals surface area (Å²) >= 11 is 0. The van der Waals surface area contributed by atoms with Crippen molar-refractivity contribution in [2.24, 2.45) is 5.16 Å². The Kier molecular flexibility index (Phi) is 8.92. The summed E-state index contributed by atoms with van der Waals surface area (Å²) in [6.45, 7) is 1.42. The van der Waals surface area contributed by atoms with Gasteiger partial charge in [-0.3, -0.25) is 4.79 Å². The number of carbonyl (C=O) groups excluding carboxylic acids is 1. The number of nitrogens with zero attached hydrogens (tertiary/aromatic N) is 1. The second-order valence-corrected chi connectivity index (χ2v) is 7.65. The SMILES string of the molecule is COCCOc1ccc(CCNC(=O)/C(=N/OC)c2ccc3c(c2)CCCC3)cc1OC. The van der Waals surface area contributed by atoms with Crippen LogP contribution in [0, 0.1) is 0 Å².